The molecule has 1 aliphatic heterocycles. The first-order valence-corrected chi connectivity index (χ1v) is 6.70. The number of halogens is 1. The van der Waals surface area contributed by atoms with Crippen molar-refractivity contribution in [3.8, 4) is 0 Å². The molecule has 2 amide bonds. The molecule has 0 atom stereocenters. The Hall–Kier alpha value is -2.18. The molecule has 0 radical (unpaired) electrons. The van der Waals surface area contributed by atoms with Gasteiger partial charge in [-0.1, -0.05) is 11.6 Å². The van der Waals surface area contributed by atoms with Gasteiger partial charge in [0.2, 0.25) is 0 Å². The Labute approximate surface area is 125 Å². The predicted molar refractivity (Wildman–Crippen MR) is 77.5 cm³/mol. The van der Waals surface area contributed by atoms with Gasteiger partial charge in [0.15, 0.2) is 0 Å². The third-order valence-electron chi connectivity index (χ3n) is 3.31. The van der Waals surface area contributed by atoms with E-state index in [1.165, 1.54) is 0 Å². The average Bonchev–Trinajstić information content (AvgIpc) is 2.95. The molecular formula is C14H12ClN3O3. The van der Waals surface area contributed by atoms with Gasteiger partial charge in [-0.05, 0) is 12.1 Å². The van der Waals surface area contributed by atoms with Crippen LogP contribution in [0.2, 0.25) is 0 Å². The Morgan fingerprint density at radius 3 is 2.86 bits per heavy atom. The lowest BCUT2D eigenvalue weighted by Crippen LogP contribution is -2.22. The lowest BCUT2D eigenvalue weighted by atomic mass is 10.1. The number of fused-ring (bicyclic) bond motifs is 1. The topological polar surface area (TPSA) is 73.2 Å². The molecule has 0 saturated heterocycles. The second kappa shape index (κ2) is 5.31. The van der Waals surface area contributed by atoms with Crippen LogP contribution < -0.4 is 5.32 Å². The summed E-state index contributed by atoms with van der Waals surface area (Å²) in [5.74, 6) is -1.06. The normalized spacial score (nSPS) is 15.1. The summed E-state index contributed by atoms with van der Waals surface area (Å²) in [5.41, 5.74) is 1.51. The van der Waals surface area contributed by atoms with Crippen LogP contribution in [0.15, 0.2) is 29.6 Å². The maximum Gasteiger partial charge on any atom is 0.270 e. The van der Waals surface area contributed by atoms with E-state index >= 15 is 0 Å². The van der Waals surface area contributed by atoms with E-state index in [1.54, 1.807) is 25.6 Å². The molecule has 3 heterocycles. The molecule has 1 aliphatic rings. The predicted octanol–water partition coefficient (Wildman–Crippen LogP) is 1.29. The van der Waals surface area contributed by atoms with Crippen molar-refractivity contribution in [3.63, 3.8) is 0 Å². The van der Waals surface area contributed by atoms with Crippen molar-refractivity contribution >= 4 is 40.0 Å². The highest BCUT2D eigenvalue weighted by Crippen LogP contribution is 2.32. The fourth-order valence-corrected chi connectivity index (χ4v) is 2.59. The summed E-state index contributed by atoms with van der Waals surface area (Å²) in [5, 5.41) is 2.88. The Morgan fingerprint density at radius 2 is 2.19 bits per heavy atom. The van der Waals surface area contributed by atoms with E-state index in [4.69, 9.17) is 16.3 Å². The zero-order chi connectivity index (χ0) is 15.0. The van der Waals surface area contributed by atoms with E-state index in [2.05, 4.69) is 10.3 Å². The molecular weight excluding hydrogens is 294 g/mol. The van der Waals surface area contributed by atoms with Crippen molar-refractivity contribution < 1.29 is 14.3 Å². The fraction of sp³-hybridized carbons (Fsp3) is 0.214. The lowest BCUT2D eigenvalue weighted by molar-refractivity contribution is -0.123. The monoisotopic (exact) mass is 305 g/mol. The Kier molecular flexibility index (Phi) is 3.48. The summed E-state index contributed by atoms with van der Waals surface area (Å²) in [4.78, 5) is 27.8. The zero-order valence-electron chi connectivity index (χ0n) is 11.2. The molecule has 2 aromatic heterocycles. The zero-order valence-corrected chi connectivity index (χ0v) is 12.0. The largest absolute Gasteiger partial charge is 0.383 e. The molecule has 1 N–H and O–H groups in total. The number of carbonyl (C=O) groups excluding carboxylic acids is 2. The van der Waals surface area contributed by atoms with Crippen LogP contribution >= 0.6 is 11.6 Å². The van der Waals surface area contributed by atoms with Gasteiger partial charge in [-0.2, -0.15) is 0 Å². The van der Waals surface area contributed by atoms with Crippen LogP contribution in [0.1, 0.15) is 5.56 Å². The Morgan fingerprint density at radius 1 is 1.38 bits per heavy atom. The molecule has 0 unspecified atom stereocenters. The van der Waals surface area contributed by atoms with Gasteiger partial charge in [0.1, 0.15) is 10.7 Å². The standard InChI is InChI=1S/C14H12ClN3O3/c1-21-6-5-18-7-9(8-3-2-4-16-12(8)18)10-11(15)14(20)17-13(10)19/h2-4,7H,5-6H2,1H3,(H,17,19,20). The van der Waals surface area contributed by atoms with Gasteiger partial charge in [0.25, 0.3) is 11.8 Å². The summed E-state index contributed by atoms with van der Waals surface area (Å²) >= 11 is 5.96. The van der Waals surface area contributed by atoms with Crippen molar-refractivity contribution in [1.82, 2.24) is 14.9 Å². The number of pyridine rings is 1. The SMILES string of the molecule is COCCn1cc(C2=C(Cl)C(=O)NC2=O)c2cccnc21. The summed E-state index contributed by atoms with van der Waals surface area (Å²) in [7, 11) is 1.61. The number of hydrogen-bond acceptors (Lipinski definition) is 4. The molecule has 0 aromatic carbocycles. The van der Waals surface area contributed by atoms with Crippen LogP contribution in [0.5, 0.6) is 0 Å². The summed E-state index contributed by atoms with van der Waals surface area (Å²) < 4.78 is 6.95. The van der Waals surface area contributed by atoms with Gasteiger partial charge >= 0.3 is 0 Å². The quantitative estimate of drug-likeness (QED) is 0.864. The molecule has 0 spiro atoms. The average molecular weight is 306 g/mol. The van der Waals surface area contributed by atoms with E-state index in [-0.39, 0.29) is 10.6 Å². The highest BCUT2D eigenvalue weighted by molar-refractivity contribution is 6.55. The minimum absolute atomic E-state index is 0.0883. The minimum atomic E-state index is -0.571. The van der Waals surface area contributed by atoms with Gasteiger partial charge in [0, 0.05) is 37.0 Å². The number of carbonyl (C=O) groups is 2. The first kappa shape index (κ1) is 13.8. The number of rotatable bonds is 4. The number of ether oxygens (including phenoxy) is 1. The van der Waals surface area contributed by atoms with Gasteiger partial charge in [-0.15, -0.1) is 0 Å². The van der Waals surface area contributed by atoms with Crippen molar-refractivity contribution in [1.29, 1.82) is 0 Å². The highest BCUT2D eigenvalue weighted by atomic mass is 35.5. The smallest absolute Gasteiger partial charge is 0.270 e. The maximum absolute atomic E-state index is 11.9. The molecule has 0 aliphatic carbocycles. The van der Waals surface area contributed by atoms with Crippen molar-refractivity contribution in [3.05, 3.63) is 35.1 Å². The Balaban J connectivity index is 2.20. The molecule has 7 heteroatoms. The van der Waals surface area contributed by atoms with Crippen LogP contribution in [0, 0.1) is 0 Å². The van der Waals surface area contributed by atoms with E-state index in [0.717, 1.165) is 5.39 Å². The number of hydrogen-bond donors (Lipinski definition) is 1. The van der Waals surface area contributed by atoms with E-state index in [9.17, 15) is 9.59 Å². The number of imide groups is 1. The number of amides is 2. The summed E-state index contributed by atoms with van der Waals surface area (Å²) in [6.45, 7) is 1.10. The van der Waals surface area contributed by atoms with Crippen LogP contribution in [0.4, 0.5) is 0 Å². The van der Waals surface area contributed by atoms with Gasteiger partial charge in [0.05, 0.1) is 12.2 Å². The van der Waals surface area contributed by atoms with Crippen LogP contribution in [-0.4, -0.2) is 35.1 Å². The van der Waals surface area contributed by atoms with Crippen LogP contribution in [-0.2, 0) is 20.9 Å². The van der Waals surface area contributed by atoms with Gasteiger partial charge < -0.3 is 9.30 Å². The van der Waals surface area contributed by atoms with Crippen molar-refractivity contribution in [2.45, 2.75) is 6.54 Å². The third-order valence-corrected chi connectivity index (χ3v) is 3.67. The number of nitrogens with zero attached hydrogens (tertiary/aromatic N) is 2. The Bertz CT molecular complexity index is 779. The molecule has 6 nitrogen and oxygen atoms in total. The number of nitrogens with one attached hydrogen (secondary N) is 1. The molecule has 0 saturated carbocycles. The number of methoxy groups -OCH3 is 1. The molecule has 0 fully saturated rings. The molecule has 0 bridgehead atoms. The van der Waals surface area contributed by atoms with Crippen LogP contribution in [0.25, 0.3) is 16.6 Å². The van der Waals surface area contributed by atoms with Crippen molar-refractivity contribution in [2.75, 3.05) is 13.7 Å². The second-order valence-electron chi connectivity index (χ2n) is 4.58. The second-order valence-corrected chi connectivity index (χ2v) is 4.95. The van der Waals surface area contributed by atoms with E-state index < -0.39 is 11.8 Å². The van der Waals surface area contributed by atoms with Crippen molar-refractivity contribution in [2.24, 2.45) is 0 Å². The highest BCUT2D eigenvalue weighted by Gasteiger charge is 2.32. The van der Waals surface area contributed by atoms with Gasteiger partial charge in [-0.25, -0.2) is 4.98 Å². The summed E-state index contributed by atoms with van der Waals surface area (Å²) in [6, 6.07) is 3.61. The molecule has 3 rings (SSSR count). The minimum Gasteiger partial charge on any atom is -0.383 e. The first-order chi connectivity index (χ1) is 10.1. The lowest BCUT2D eigenvalue weighted by Gasteiger charge is -2.02. The summed E-state index contributed by atoms with van der Waals surface area (Å²) in [6.07, 6.45) is 3.44. The first-order valence-electron chi connectivity index (χ1n) is 6.32. The van der Waals surface area contributed by atoms with Crippen LogP contribution in [0.3, 0.4) is 0 Å². The van der Waals surface area contributed by atoms with Gasteiger partial charge in [-0.3, -0.25) is 14.9 Å². The fourth-order valence-electron chi connectivity index (χ4n) is 2.36. The molecule has 2 aromatic rings. The maximum atomic E-state index is 11.9. The van der Waals surface area contributed by atoms with E-state index in [0.29, 0.717) is 24.4 Å². The molecule has 21 heavy (non-hydrogen) atoms. The third kappa shape index (κ3) is 2.22. The van der Waals surface area contributed by atoms with E-state index in [1.807, 2.05) is 10.6 Å². The molecule has 108 valence electrons. The number of aromatic nitrogens is 2.